The van der Waals surface area contributed by atoms with E-state index in [1.807, 2.05) is 6.92 Å². The number of hydrogen-bond acceptors (Lipinski definition) is 4. The molecule has 0 unspecified atom stereocenters. The van der Waals surface area contributed by atoms with Crippen LogP contribution in [0.5, 0.6) is 0 Å². The van der Waals surface area contributed by atoms with Crippen LogP contribution in [0.2, 0.25) is 0 Å². The first kappa shape index (κ1) is 14.0. The van der Waals surface area contributed by atoms with Crippen molar-refractivity contribution in [3.05, 3.63) is 29.8 Å². The van der Waals surface area contributed by atoms with Gasteiger partial charge in [0.2, 0.25) is 5.91 Å². The molecule has 2 rings (SSSR count). The smallest absolute Gasteiger partial charge is 0.296 e. The molecule has 5 nitrogen and oxygen atoms in total. The zero-order valence-electron chi connectivity index (χ0n) is 11.0. The van der Waals surface area contributed by atoms with E-state index in [0.717, 1.165) is 5.56 Å². The summed E-state index contributed by atoms with van der Waals surface area (Å²) in [5.74, 6) is -0.0287. The fourth-order valence-electron chi connectivity index (χ4n) is 2.03. The lowest BCUT2D eigenvalue weighted by Crippen LogP contribution is -2.20. The molecule has 0 saturated carbocycles. The summed E-state index contributed by atoms with van der Waals surface area (Å²) in [5, 5.41) is 0. The molecule has 6 heteroatoms. The number of hydrogen-bond donors (Lipinski definition) is 0. The van der Waals surface area contributed by atoms with Gasteiger partial charge < -0.3 is 4.90 Å². The quantitative estimate of drug-likeness (QED) is 0.778. The van der Waals surface area contributed by atoms with Crippen molar-refractivity contribution in [1.29, 1.82) is 0 Å². The summed E-state index contributed by atoms with van der Waals surface area (Å²) in [7, 11) is -2.02. The first-order valence-electron chi connectivity index (χ1n) is 6.08. The van der Waals surface area contributed by atoms with Crippen LogP contribution < -0.4 is 0 Å². The SMILES string of the molecule is Cc1ccc(S(=O)(=O)OC[C@H]2CC(=O)N(C)C2)cc1. The number of likely N-dealkylation sites (tertiary alicyclic amines) is 1. The maximum Gasteiger partial charge on any atom is 0.296 e. The van der Waals surface area contributed by atoms with Crippen molar-refractivity contribution in [3.63, 3.8) is 0 Å². The lowest BCUT2D eigenvalue weighted by Gasteiger charge is -2.11. The molecule has 0 N–H and O–H groups in total. The summed E-state index contributed by atoms with van der Waals surface area (Å²) in [5.41, 5.74) is 0.988. The van der Waals surface area contributed by atoms with E-state index in [1.165, 1.54) is 12.1 Å². The van der Waals surface area contributed by atoms with Gasteiger partial charge in [-0.2, -0.15) is 8.42 Å². The number of aryl methyl sites for hydroxylation is 1. The third-order valence-corrected chi connectivity index (χ3v) is 4.49. The minimum Gasteiger partial charge on any atom is -0.345 e. The molecule has 0 bridgehead atoms. The molecule has 1 amide bonds. The Kier molecular flexibility index (Phi) is 3.91. The first-order valence-corrected chi connectivity index (χ1v) is 7.49. The van der Waals surface area contributed by atoms with Crippen molar-refractivity contribution >= 4 is 16.0 Å². The van der Waals surface area contributed by atoms with Crippen LogP contribution in [-0.2, 0) is 19.1 Å². The molecule has 1 saturated heterocycles. The van der Waals surface area contributed by atoms with E-state index in [2.05, 4.69) is 0 Å². The average Bonchev–Trinajstić information content (AvgIpc) is 2.67. The Morgan fingerprint density at radius 2 is 1.95 bits per heavy atom. The van der Waals surface area contributed by atoms with E-state index < -0.39 is 10.1 Å². The number of benzene rings is 1. The van der Waals surface area contributed by atoms with E-state index in [9.17, 15) is 13.2 Å². The standard InChI is InChI=1S/C13H17NO4S/c1-10-3-5-12(6-4-10)19(16,17)18-9-11-7-13(15)14(2)8-11/h3-6,11H,7-9H2,1-2H3/t11-/m0/s1. The zero-order valence-corrected chi connectivity index (χ0v) is 11.8. The van der Waals surface area contributed by atoms with E-state index in [1.54, 1.807) is 24.1 Å². The third kappa shape index (κ3) is 3.33. The highest BCUT2D eigenvalue weighted by atomic mass is 32.2. The molecular formula is C13H17NO4S. The molecule has 1 atom stereocenters. The molecule has 1 aliphatic heterocycles. The van der Waals surface area contributed by atoms with E-state index in [0.29, 0.717) is 13.0 Å². The van der Waals surface area contributed by atoms with Crippen LogP contribution in [0, 0.1) is 12.8 Å². The maximum atomic E-state index is 11.9. The number of carbonyl (C=O) groups excluding carboxylic acids is 1. The number of amides is 1. The summed E-state index contributed by atoms with van der Waals surface area (Å²) in [6, 6.07) is 6.50. The van der Waals surface area contributed by atoms with Gasteiger partial charge in [-0.3, -0.25) is 8.98 Å². The van der Waals surface area contributed by atoms with E-state index in [-0.39, 0.29) is 23.3 Å². The normalized spacial score (nSPS) is 20.0. The van der Waals surface area contributed by atoms with Crippen LogP contribution in [-0.4, -0.2) is 39.4 Å². The summed E-state index contributed by atoms with van der Waals surface area (Å²) in [4.78, 5) is 13.1. The predicted octanol–water partition coefficient (Wildman–Crippen LogP) is 1.18. The molecule has 1 fully saturated rings. The molecule has 1 aromatic rings. The van der Waals surface area contributed by atoms with Crippen LogP contribution in [0.3, 0.4) is 0 Å². The van der Waals surface area contributed by atoms with Gasteiger partial charge in [0, 0.05) is 25.9 Å². The van der Waals surface area contributed by atoms with Crippen LogP contribution in [0.1, 0.15) is 12.0 Å². The van der Waals surface area contributed by atoms with Gasteiger partial charge in [0.05, 0.1) is 11.5 Å². The van der Waals surface area contributed by atoms with Crippen molar-refractivity contribution in [2.75, 3.05) is 20.2 Å². The summed E-state index contributed by atoms with van der Waals surface area (Å²) in [6.07, 6.45) is 0.347. The molecule has 19 heavy (non-hydrogen) atoms. The van der Waals surface area contributed by atoms with E-state index in [4.69, 9.17) is 4.18 Å². The predicted molar refractivity (Wildman–Crippen MR) is 70.1 cm³/mol. The van der Waals surface area contributed by atoms with Crippen molar-refractivity contribution < 1.29 is 17.4 Å². The minimum absolute atomic E-state index is 0.0290. The van der Waals surface area contributed by atoms with Crippen molar-refractivity contribution in [1.82, 2.24) is 4.90 Å². The maximum absolute atomic E-state index is 11.9. The topological polar surface area (TPSA) is 63.7 Å². The third-order valence-electron chi connectivity index (χ3n) is 3.19. The van der Waals surface area contributed by atoms with Crippen molar-refractivity contribution in [2.24, 2.45) is 5.92 Å². The second kappa shape index (κ2) is 5.30. The Hall–Kier alpha value is -1.40. The second-order valence-electron chi connectivity index (χ2n) is 4.90. The van der Waals surface area contributed by atoms with Gasteiger partial charge in [0.1, 0.15) is 0 Å². The zero-order chi connectivity index (χ0) is 14.0. The Morgan fingerprint density at radius 3 is 2.47 bits per heavy atom. The minimum atomic E-state index is -3.73. The fraction of sp³-hybridized carbons (Fsp3) is 0.462. The average molecular weight is 283 g/mol. The molecule has 1 aromatic carbocycles. The number of nitrogens with zero attached hydrogens (tertiary/aromatic N) is 1. The molecular weight excluding hydrogens is 266 g/mol. The van der Waals surface area contributed by atoms with E-state index >= 15 is 0 Å². The first-order chi connectivity index (χ1) is 8.88. The summed E-state index contributed by atoms with van der Waals surface area (Å²) in [6.45, 7) is 2.48. The fourth-order valence-corrected chi connectivity index (χ4v) is 3.00. The van der Waals surface area contributed by atoms with Gasteiger partial charge in [-0.1, -0.05) is 17.7 Å². The van der Waals surface area contributed by atoms with Gasteiger partial charge in [0.15, 0.2) is 0 Å². The lowest BCUT2D eigenvalue weighted by molar-refractivity contribution is -0.126. The van der Waals surface area contributed by atoms with Gasteiger partial charge in [0.25, 0.3) is 10.1 Å². The Labute approximate surface area is 113 Å². The Balaban J connectivity index is 1.99. The van der Waals surface area contributed by atoms with Gasteiger partial charge >= 0.3 is 0 Å². The second-order valence-corrected chi connectivity index (χ2v) is 6.51. The highest BCUT2D eigenvalue weighted by molar-refractivity contribution is 7.86. The van der Waals surface area contributed by atoms with Gasteiger partial charge in [-0.25, -0.2) is 0 Å². The molecule has 1 heterocycles. The van der Waals surface area contributed by atoms with Gasteiger partial charge in [-0.05, 0) is 19.1 Å². The molecule has 0 spiro atoms. The number of carbonyl (C=O) groups is 1. The Morgan fingerprint density at radius 1 is 1.32 bits per heavy atom. The molecule has 0 aliphatic carbocycles. The summed E-state index contributed by atoms with van der Waals surface area (Å²) >= 11 is 0. The van der Waals surface area contributed by atoms with Crippen LogP contribution in [0.25, 0.3) is 0 Å². The van der Waals surface area contributed by atoms with Crippen molar-refractivity contribution in [3.8, 4) is 0 Å². The lowest BCUT2D eigenvalue weighted by atomic mass is 10.1. The largest absolute Gasteiger partial charge is 0.345 e. The van der Waals surface area contributed by atoms with Crippen LogP contribution in [0.4, 0.5) is 0 Å². The van der Waals surface area contributed by atoms with Crippen LogP contribution in [0.15, 0.2) is 29.2 Å². The summed E-state index contributed by atoms with van der Waals surface area (Å²) < 4.78 is 28.9. The molecule has 0 radical (unpaired) electrons. The Bertz CT molecular complexity index is 565. The number of rotatable bonds is 4. The van der Waals surface area contributed by atoms with Crippen molar-refractivity contribution in [2.45, 2.75) is 18.2 Å². The molecule has 1 aliphatic rings. The van der Waals surface area contributed by atoms with Crippen LogP contribution >= 0.6 is 0 Å². The highest BCUT2D eigenvalue weighted by Crippen LogP contribution is 2.19. The molecule has 104 valence electrons. The monoisotopic (exact) mass is 283 g/mol. The highest BCUT2D eigenvalue weighted by Gasteiger charge is 2.28. The molecule has 0 aromatic heterocycles. The van der Waals surface area contributed by atoms with Gasteiger partial charge in [-0.15, -0.1) is 0 Å².